The molecule has 1 heterocycles. The Morgan fingerprint density at radius 2 is 2.25 bits per heavy atom. The zero-order valence-corrected chi connectivity index (χ0v) is 7.88. The summed E-state index contributed by atoms with van der Waals surface area (Å²) in [6.45, 7) is 6.70. The zero-order chi connectivity index (χ0) is 8.97. The minimum atomic E-state index is -0.146. The number of nitrogens with zero attached hydrogens (tertiary/aromatic N) is 1. The van der Waals surface area contributed by atoms with Gasteiger partial charge in [-0.2, -0.15) is 0 Å². The van der Waals surface area contributed by atoms with Crippen LogP contribution in [-0.2, 0) is 0 Å². The lowest BCUT2D eigenvalue weighted by Crippen LogP contribution is -2.42. The maximum absolute atomic E-state index is 9.46. The van der Waals surface area contributed by atoms with E-state index in [-0.39, 0.29) is 6.10 Å². The van der Waals surface area contributed by atoms with Gasteiger partial charge in [-0.25, -0.2) is 0 Å². The molecule has 0 amide bonds. The van der Waals surface area contributed by atoms with Crippen molar-refractivity contribution >= 4 is 0 Å². The monoisotopic (exact) mass is 167 g/mol. The molecular formula is C10H17NO. The largest absolute Gasteiger partial charge is 0.392 e. The first-order valence-electron chi connectivity index (χ1n) is 4.52. The lowest BCUT2D eigenvalue weighted by atomic mass is 9.98. The molecule has 1 rings (SSSR count). The van der Waals surface area contributed by atoms with E-state index < -0.39 is 0 Å². The molecule has 2 heteroatoms. The van der Waals surface area contributed by atoms with Crippen LogP contribution in [0.15, 0.2) is 0 Å². The number of hydrogen-bond acceptors (Lipinski definition) is 2. The van der Waals surface area contributed by atoms with Gasteiger partial charge in [-0.05, 0) is 19.3 Å². The Kier molecular flexibility index (Phi) is 3.58. The molecule has 1 aliphatic heterocycles. The normalized spacial score (nSPS) is 30.9. The van der Waals surface area contributed by atoms with Gasteiger partial charge in [-0.3, -0.25) is 4.90 Å². The molecule has 1 N–H and O–H groups in total. The molecule has 2 nitrogen and oxygen atoms in total. The molecule has 0 spiro atoms. The molecule has 1 saturated heterocycles. The first kappa shape index (κ1) is 9.57. The third-order valence-corrected chi connectivity index (χ3v) is 2.19. The fourth-order valence-electron chi connectivity index (χ4n) is 1.75. The van der Waals surface area contributed by atoms with Gasteiger partial charge in [0.2, 0.25) is 0 Å². The molecule has 0 aromatic rings. The van der Waals surface area contributed by atoms with Gasteiger partial charge in [-0.1, -0.05) is 12.8 Å². The minimum absolute atomic E-state index is 0.146. The van der Waals surface area contributed by atoms with E-state index in [1.54, 1.807) is 0 Å². The predicted molar refractivity (Wildman–Crippen MR) is 49.7 cm³/mol. The minimum Gasteiger partial charge on any atom is -0.392 e. The Labute approximate surface area is 74.6 Å². The van der Waals surface area contributed by atoms with E-state index in [2.05, 4.69) is 23.7 Å². The average Bonchev–Trinajstić information content (AvgIpc) is 1.99. The molecule has 1 aliphatic rings. The van der Waals surface area contributed by atoms with Crippen molar-refractivity contribution in [3.63, 3.8) is 0 Å². The van der Waals surface area contributed by atoms with Gasteiger partial charge < -0.3 is 5.11 Å². The van der Waals surface area contributed by atoms with Crippen LogP contribution in [0.4, 0.5) is 0 Å². The number of likely N-dealkylation sites (tertiary alicyclic amines) is 1. The number of aliphatic hydroxyl groups excluding tert-OH is 1. The summed E-state index contributed by atoms with van der Waals surface area (Å²) in [7, 11) is 0. The van der Waals surface area contributed by atoms with Crippen molar-refractivity contribution in [2.45, 2.75) is 26.4 Å². The van der Waals surface area contributed by atoms with Crippen LogP contribution in [0.5, 0.6) is 0 Å². The van der Waals surface area contributed by atoms with Gasteiger partial charge >= 0.3 is 0 Å². The molecule has 0 saturated carbocycles. The maximum atomic E-state index is 9.46. The van der Waals surface area contributed by atoms with Gasteiger partial charge in [0, 0.05) is 13.1 Å². The quantitative estimate of drug-likeness (QED) is 0.581. The molecule has 0 bridgehead atoms. The highest BCUT2D eigenvalue weighted by molar-refractivity contribution is 4.98. The van der Waals surface area contributed by atoms with Crippen LogP contribution in [0, 0.1) is 17.8 Å². The first-order chi connectivity index (χ1) is 5.72. The standard InChI is InChI=1S/C10H17NO/c1-3-4-5-11-7-9(2)6-10(12)8-11/h9-10,12H,5-8H2,1-2H3. The van der Waals surface area contributed by atoms with Crippen molar-refractivity contribution in [1.29, 1.82) is 0 Å². The van der Waals surface area contributed by atoms with Crippen LogP contribution in [0.2, 0.25) is 0 Å². The second-order valence-corrected chi connectivity index (χ2v) is 3.62. The Balaban J connectivity index is 2.37. The first-order valence-corrected chi connectivity index (χ1v) is 4.52. The summed E-state index contributed by atoms with van der Waals surface area (Å²) in [5.41, 5.74) is 0. The lowest BCUT2D eigenvalue weighted by Gasteiger charge is -2.32. The second-order valence-electron chi connectivity index (χ2n) is 3.62. The maximum Gasteiger partial charge on any atom is 0.0670 e. The summed E-state index contributed by atoms with van der Waals surface area (Å²) in [6.07, 6.45) is 0.795. The van der Waals surface area contributed by atoms with Crippen LogP contribution in [-0.4, -0.2) is 35.7 Å². The van der Waals surface area contributed by atoms with Crippen molar-refractivity contribution < 1.29 is 5.11 Å². The van der Waals surface area contributed by atoms with Crippen molar-refractivity contribution in [3.8, 4) is 11.8 Å². The highest BCUT2D eigenvalue weighted by Gasteiger charge is 2.21. The number of aliphatic hydroxyl groups is 1. The van der Waals surface area contributed by atoms with E-state index in [0.29, 0.717) is 5.92 Å². The topological polar surface area (TPSA) is 23.5 Å². The van der Waals surface area contributed by atoms with Crippen LogP contribution >= 0.6 is 0 Å². The molecule has 12 heavy (non-hydrogen) atoms. The highest BCUT2D eigenvalue weighted by atomic mass is 16.3. The van der Waals surface area contributed by atoms with E-state index in [1.807, 2.05) is 6.92 Å². The molecule has 0 aromatic carbocycles. The summed E-state index contributed by atoms with van der Waals surface area (Å²) in [4.78, 5) is 2.22. The number of piperidine rings is 1. The third-order valence-electron chi connectivity index (χ3n) is 2.19. The molecule has 0 radical (unpaired) electrons. The van der Waals surface area contributed by atoms with Crippen LogP contribution in [0.3, 0.4) is 0 Å². The van der Waals surface area contributed by atoms with Crippen molar-refractivity contribution in [2.24, 2.45) is 5.92 Å². The highest BCUT2D eigenvalue weighted by Crippen LogP contribution is 2.15. The number of hydrogen-bond donors (Lipinski definition) is 1. The fourth-order valence-corrected chi connectivity index (χ4v) is 1.75. The van der Waals surface area contributed by atoms with Gasteiger partial charge in [0.25, 0.3) is 0 Å². The van der Waals surface area contributed by atoms with Crippen LogP contribution < -0.4 is 0 Å². The Bertz CT molecular complexity index is 182. The molecule has 0 aromatic heterocycles. The van der Waals surface area contributed by atoms with E-state index in [1.165, 1.54) is 0 Å². The van der Waals surface area contributed by atoms with Gasteiger partial charge in [-0.15, -0.1) is 5.92 Å². The lowest BCUT2D eigenvalue weighted by molar-refractivity contribution is 0.0518. The van der Waals surface area contributed by atoms with Crippen LogP contribution in [0.25, 0.3) is 0 Å². The summed E-state index contributed by atoms with van der Waals surface area (Å²) < 4.78 is 0. The summed E-state index contributed by atoms with van der Waals surface area (Å²) in [6, 6.07) is 0. The number of β-amino-alcohol motifs (C(OH)–C–C–N with tert-alkyl or cyclic N) is 1. The molecule has 2 unspecified atom stereocenters. The Morgan fingerprint density at radius 1 is 1.50 bits per heavy atom. The SMILES string of the molecule is CC#CCN1CC(C)CC(O)C1. The van der Waals surface area contributed by atoms with Gasteiger partial charge in [0.05, 0.1) is 12.6 Å². The predicted octanol–water partition coefficient (Wildman–Crippen LogP) is 0.712. The van der Waals surface area contributed by atoms with E-state index in [0.717, 1.165) is 26.1 Å². The van der Waals surface area contributed by atoms with Crippen molar-refractivity contribution in [3.05, 3.63) is 0 Å². The van der Waals surface area contributed by atoms with E-state index in [4.69, 9.17) is 0 Å². The molecule has 68 valence electrons. The summed E-state index contributed by atoms with van der Waals surface area (Å²) >= 11 is 0. The Morgan fingerprint density at radius 3 is 2.83 bits per heavy atom. The van der Waals surface area contributed by atoms with E-state index in [9.17, 15) is 5.11 Å². The van der Waals surface area contributed by atoms with Crippen molar-refractivity contribution in [1.82, 2.24) is 4.90 Å². The smallest absolute Gasteiger partial charge is 0.0670 e. The molecule has 2 atom stereocenters. The van der Waals surface area contributed by atoms with Gasteiger partial charge in [0.15, 0.2) is 0 Å². The van der Waals surface area contributed by atoms with Gasteiger partial charge in [0.1, 0.15) is 0 Å². The van der Waals surface area contributed by atoms with E-state index >= 15 is 0 Å². The fraction of sp³-hybridized carbons (Fsp3) is 0.800. The third kappa shape index (κ3) is 2.84. The van der Waals surface area contributed by atoms with Crippen molar-refractivity contribution in [2.75, 3.05) is 19.6 Å². The second kappa shape index (κ2) is 4.49. The molecule has 1 fully saturated rings. The average molecular weight is 167 g/mol. The summed E-state index contributed by atoms with van der Waals surface area (Å²) in [5, 5.41) is 9.46. The van der Waals surface area contributed by atoms with Crippen LogP contribution in [0.1, 0.15) is 20.3 Å². The zero-order valence-electron chi connectivity index (χ0n) is 7.88. The molecule has 0 aliphatic carbocycles. The Hall–Kier alpha value is -0.520. The molecular weight excluding hydrogens is 150 g/mol. The summed E-state index contributed by atoms with van der Waals surface area (Å²) in [5.74, 6) is 6.50. The number of rotatable bonds is 1.